The number of hydrogen-bond donors (Lipinski definition) is 1. The van der Waals surface area contributed by atoms with Crippen LogP contribution in [-0.4, -0.2) is 43.2 Å². The normalized spacial score (nSPS) is 15.4. The molecule has 2 rings (SSSR count). The van der Waals surface area contributed by atoms with Crippen LogP contribution in [0.1, 0.15) is 25.3 Å². The highest BCUT2D eigenvalue weighted by molar-refractivity contribution is 7.80. The van der Waals surface area contributed by atoms with Gasteiger partial charge in [0.25, 0.3) is 0 Å². The van der Waals surface area contributed by atoms with Crippen LogP contribution in [0.5, 0.6) is 11.5 Å². The second-order valence-electron chi connectivity index (χ2n) is 5.91. The molecule has 1 amide bonds. The molecule has 0 spiro atoms. The summed E-state index contributed by atoms with van der Waals surface area (Å²) in [5.41, 5.74) is 0.848. The first-order valence-electron chi connectivity index (χ1n) is 8.03. The summed E-state index contributed by atoms with van der Waals surface area (Å²) in [5.74, 6) is 1.77. The Morgan fingerprint density at radius 3 is 2.54 bits per heavy atom. The van der Waals surface area contributed by atoms with E-state index in [1.54, 1.807) is 26.4 Å². The molecule has 1 aromatic carbocycles. The summed E-state index contributed by atoms with van der Waals surface area (Å²) < 4.78 is 10.4. The van der Waals surface area contributed by atoms with Gasteiger partial charge in [-0.05, 0) is 54.7 Å². The van der Waals surface area contributed by atoms with Gasteiger partial charge in [-0.2, -0.15) is 0 Å². The number of hydrogen-bond acceptors (Lipinski definition) is 4. The van der Waals surface area contributed by atoms with Crippen LogP contribution in [0.4, 0.5) is 0 Å². The second kappa shape index (κ2) is 8.68. The summed E-state index contributed by atoms with van der Waals surface area (Å²) in [4.78, 5) is 14.1. The number of nitrogens with zero attached hydrogens (tertiary/aromatic N) is 1. The molecule has 1 N–H and O–H groups in total. The number of rotatable bonds is 4. The third-order valence-electron chi connectivity index (χ3n) is 4.14. The summed E-state index contributed by atoms with van der Waals surface area (Å²) in [6.07, 6.45) is 5.41. The first kappa shape index (κ1) is 18.3. The fraction of sp³-hybridized carbons (Fsp3) is 0.444. The topological polar surface area (TPSA) is 50.8 Å². The predicted molar refractivity (Wildman–Crippen MR) is 99.3 cm³/mol. The minimum absolute atomic E-state index is 0.228. The number of thiocarbonyl (C=S) groups is 1. The lowest BCUT2D eigenvalue weighted by Crippen LogP contribution is -2.45. The molecule has 6 heteroatoms. The molecule has 0 atom stereocenters. The minimum atomic E-state index is -0.228. The van der Waals surface area contributed by atoms with Crippen LogP contribution in [0.15, 0.2) is 24.3 Å². The van der Waals surface area contributed by atoms with Gasteiger partial charge in [-0.3, -0.25) is 10.1 Å². The van der Waals surface area contributed by atoms with Crippen LogP contribution < -0.4 is 14.8 Å². The molecular formula is C18H24N2O3S. The minimum Gasteiger partial charge on any atom is -0.493 e. The van der Waals surface area contributed by atoms with Crippen molar-refractivity contribution in [2.24, 2.45) is 5.92 Å². The van der Waals surface area contributed by atoms with Gasteiger partial charge in [0.15, 0.2) is 16.6 Å². The van der Waals surface area contributed by atoms with Gasteiger partial charge in [-0.25, -0.2) is 0 Å². The lowest BCUT2D eigenvalue weighted by molar-refractivity contribution is -0.115. The highest BCUT2D eigenvalue weighted by Crippen LogP contribution is 2.27. The second-order valence-corrected chi connectivity index (χ2v) is 6.30. The molecule has 0 aromatic heterocycles. The highest BCUT2D eigenvalue weighted by atomic mass is 32.1. The van der Waals surface area contributed by atoms with Gasteiger partial charge in [0, 0.05) is 19.2 Å². The van der Waals surface area contributed by atoms with E-state index in [0.29, 0.717) is 16.6 Å². The molecule has 5 nitrogen and oxygen atoms in total. The lowest BCUT2D eigenvalue weighted by Gasteiger charge is -2.31. The first-order chi connectivity index (χ1) is 11.5. The number of carbonyl (C=O) groups is 1. The van der Waals surface area contributed by atoms with Crippen molar-refractivity contribution in [3.8, 4) is 11.5 Å². The predicted octanol–water partition coefficient (Wildman–Crippen LogP) is 2.85. The van der Waals surface area contributed by atoms with E-state index >= 15 is 0 Å². The quantitative estimate of drug-likeness (QED) is 0.670. The van der Waals surface area contributed by atoms with Crippen molar-refractivity contribution in [2.75, 3.05) is 27.3 Å². The molecule has 130 valence electrons. The summed E-state index contributed by atoms with van der Waals surface area (Å²) in [5, 5.41) is 3.27. The van der Waals surface area contributed by atoms with Crippen molar-refractivity contribution < 1.29 is 14.3 Å². The average molecular weight is 348 g/mol. The number of piperidine rings is 1. The van der Waals surface area contributed by atoms with Gasteiger partial charge in [-0.1, -0.05) is 13.0 Å². The maximum atomic E-state index is 12.0. The largest absolute Gasteiger partial charge is 0.493 e. The van der Waals surface area contributed by atoms with Crippen LogP contribution in [0.2, 0.25) is 0 Å². The summed E-state index contributed by atoms with van der Waals surface area (Å²) in [6, 6.07) is 5.47. The Morgan fingerprint density at radius 2 is 1.92 bits per heavy atom. The fourth-order valence-corrected chi connectivity index (χ4v) is 2.85. The molecule has 1 aliphatic rings. The Kier molecular flexibility index (Phi) is 6.61. The Morgan fingerprint density at radius 1 is 1.25 bits per heavy atom. The van der Waals surface area contributed by atoms with Crippen LogP contribution in [0, 0.1) is 5.92 Å². The average Bonchev–Trinajstić information content (AvgIpc) is 2.60. The van der Waals surface area contributed by atoms with Crippen LogP contribution >= 0.6 is 12.2 Å². The van der Waals surface area contributed by atoms with Crippen molar-refractivity contribution in [1.82, 2.24) is 10.2 Å². The maximum Gasteiger partial charge on any atom is 0.250 e. The molecule has 1 aromatic rings. The first-order valence-corrected chi connectivity index (χ1v) is 8.44. The van der Waals surface area contributed by atoms with Crippen LogP contribution in [-0.2, 0) is 4.79 Å². The molecule has 1 heterocycles. The number of benzene rings is 1. The third-order valence-corrected chi connectivity index (χ3v) is 4.50. The van der Waals surface area contributed by atoms with E-state index in [1.807, 2.05) is 12.1 Å². The molecule has 24 heavy (non-hydrogen) atoms. The van der Waals surface area contributed by atoms with E-state index in [2.05, 4.69) is 17.1 Å². The third kappa shape index (κ3) is 4.96. The summed E-state index contributed by atoms with van der Waals surface area (Å²) in [6.45, 7) is 4.05. The van der Waals surface area contributed by atoms with Gasteiger partial charge < -0.3 is 14.4 Å². The lowest BCUT2D eigenvalue weighted by atomic mass is 10.00. The number of amides is 1. The van der Waals surface area contributed by atoms with E-state index in [-0.39, 0.29) is 5.91 Å². The van der Waals surface area contributed by atoms with Gasteiger partial charge in [0.1, 0.15) is 0 Å². The Bertz CT molecular complexity index is 623. The van der Waals surface area contributed by atoms with Gasteiger partial charge >= 0.3 is 0 Å². The zero-order chi connectivity index (χ0) is 17.5. The molecule has 0 unspecified atom stereocenters. The van der Waals surface area contributed by atoms with Crippen LogP contribution in [0.3, 0.4) is 0 Å². The molecule has 0 bridgehead atoms. The van der Waals surface area contributed by atoms with E-state index < -0.39 is 0 Å². The van der Waals surface area contributed by atoms with E-state index in [1.165, 1.54) is 6.08 Å². The van der Waals surface area contributed by atoms with Gasteiger partial charge in [0.2, 0.25) is 5.91 Å². The highest BCUT2D eigenvalue weighted by Gasteiger charge is 2.18. The smallest absolute Gasteiger partial charge is 0.250 e. The number of likely N-dealkylation sites (tertiary alicyclic amines) is 1. The molecule has 0 aliphatic carbocycles. The zero-order valence-corrected chi connectivity index (χ0v) is 15.2. The zero-order valence-electron chi connectivity index (χ0n) is 14.4. The van der Waals surface area contributed by atoms with Gasteiger partial charge in [0.05, 0.1) is 14.2 Å². The number of ether oxygens (including phenoxy) is 2. The van der Waals surface area contributed by atoms with E-state index in [0.717, 1.165) is 37.4 Å². The van der Waals surface area contributed by atoms with Crippen molar-refractivity contribution in [3.05, 3.63) is 29.8 Å². The van der Waals surface area contributed by atoms with Crippen LogP contribution in [0.25, 0.3) is 6.08 Å². The SMILES string of the molecule is COc1ccc(C=CC(=O)NC(=S)N2CCC(C)CC2)cc1OC. The Balaban J connectivity index is 1.92. The van der Waals surface area contributed by atoms with Gasteiger partial charge in [-0.15, -0.1) is 0 Å². The van der Waals surface area contributed by atoms with Crippen molar-refractivity contribution in [3.63, 3.8) is 0 Å². The van der Waals surface area contributed by atoms with E-state index in [4.69, 9.17) is 21.7 Å². The fourth-order valence-electron chi connectivity index (χ4n) is 2.57. The molecule has 1 fully saturated rings. The molecule has 1 aliphatic heterocycles. The summed E-state index contributed by atoms with van der Waals surface area (Å²) in [7, 11) is 3.17. The van der Waals surface area contributed by atoms with Crippen molar-refractivity contribution in [1.29, 1.82) is 0 Å². The maximum absolute atomic E-state index is 12.0. The van der Waals surface area contributed by atoms with E-state index in [9.17, 15) is 4.79 Å². The number of carbonyl (C=O) groups excluding carboxylic acids is 1. The van der Waals surface area contributed by atoms with Crippen molar-refractivity contribution >= 4 is 29.3 Å². The number of nitrogens with one attached hydrogen (secondary N) is 1. The molecule has 0 radical (unpaired) electrons. The molecular weight excluding hydrogens is 324 g/mol. The van der Waals surface area contributed by atoms with Crippen molar-refractivity contribution in [2.45, 2.75) is 19.8 Å². The molecule has 0 saturated carbocycles. The number of methoxy groups -OCH3 is 2. The Labute approximate surface area is 148 Å². The molecule has 1 saturated heterocycles. The monoisotopic (exact) mass is 348 g/mol. The summed E-state index contributed by atoms with van der Waals surface area (Å²) >= 11 is 5.32. The standard InChI is InChI=1S/C18H24N2O3S/c1-13-8-10-20(11-9-13)18(24)19-17(21)7-5-14-4-6-15(22-2)16(12-14)23-3/h4-7,12-13H,8-11H2,1-3H3,(H,19,21,24). The Hall–Kier alpha value is -2.08.